The molecule has 0 radical (unpaired) electrons. The molecule has 1 aliphatic rings. The lowest BCUT2D eigenvalue weighted by atomic mass is 9.95. The molecule has 0 bridgehead atoms. The Kier molecular flexibility index (Phi) is 5.30. The molecule has 0 unspecified atom stereocenters. The van der Waals surface area contributed by atoms with Gasteiger partial charge < -0.3 is 10.1 Å². The average Bonchev–Trinajstić information content (AvgIpc) is 2.88. The number of rotatable bonds is 4. The lowest BCUT2D eigenvalue weighted by molar-refractivity contribution is -0.136. The third kappa shape index (κ3) is 4.17. The lowest BCUT2D eigenvalue weighted by Gasteiger charge is -2.24. The maximum Gasteiger partial charge on any atom is 0.417 e. The molecule has 1 saturated carbocycles. The van der Waals surface area contributed by atoms with Gasteiger partial charge in [0.25, 0.3) is 5.91 Å². The Morgan fingerprint density at radius 3 is 2.63 bits per heavy atom. The van der Waals surface area contributed by atoms with Gasteiger partial charge in [0.1, 0.15) is 0 Å². The van der Waals surface area contributed by atoms with E-state index >= 15 is 0 Å². The number of amides is 1. The Balaban J connectivity index is 1.83. The summed E-state index contributed by atoms with van der Waals surface area (Å²) in [6, 6.07) is 0.930. The van der Waals surface area contributed by atoms with Gasteiger partial charge in [-0.1, -0.05) is 19.3 Å². The summed E-state index contributed by atoms with van der Waals surface area (Å²) < 4.78 is 47.2. The van der Waals surface area contributed by atoms with Gasteiger partial charge in [-0.2, -0.15) is 23.3 Å². The summed E-state index contributed by atoms with van der Waals surface area (Å²) >= 11 is 0. The highest BCUT2D eigenvalue weighted by atomic mass is 19.4. The van der Waals surface area contributed by atoms with Gasteiger partial charge in [0, 0.05) is 19.2 Å². The fourth-order valence-electron chi connectivity index (χ4n) is 3.51. The summed E-state index contributed by atoms with van der Waals surface area (Å²) in [5.74, 6) is -0.595. The molecule has 9 heteroatoms. The summed E-state index contributed by atoms with van der Waals surface area (Å²) in [5, 5.41) is 6.86. The van der Waals surface area contributed by atoms with Gasteiger partial charge >= 0.3 is 6.18 Å². The molecule has 1 N–H and O–H groups in total. The van der Waals surface area contributed by atoms with E-state index in [1.165, 1.54) is 25.6 Å². The number of nitrogens with zero attached hydrogens (tertiary/aromatic N) is 3. The van der Waals surface area contributed by atoms with E-state index in [0.29, 0.717) is 0 Å². The van der Waals surface area contributed by atoms with E-state index in [0.717, 1.165) is 38.2 Å². The first-order valence-electron chi connectivity index (χ1n) is 9.05. The first-order valence-corrected chi connectivity index (χ1v) is 9.05. The minimum atomic E-state index is -4.58. The summed E-state index contributed by atoms with van der Waals surface area (Å²) in [5.41, 5.74) is -0.563. The zero-order valence-electron chi connectivity index (χ0n) is 15.6. The van der Waals surface area contributed by atoms with Crippen LogP contribution in [-0.4, -0.2) is 32.8 Å². The second kappa shape index (κ2) is 7.36. The van der Waals surface area contributed by atoms with Crippen LogP contribution in [0.25, 0.3) is 11.0 Å². The number of carbonyl (C=O) groups is 1. The van der Waals surface area contributed by atoms with Gasteiger partial charge in [0.15, 0.2) is 11.8 Å². The molecule has 1 amide bonds. The van der Waals surface area contributed by atoms with Crippen LogP contribution in [0.3, 0.4) is 0 Å². The van der Waals surface area contributed by atoms with Crippen LogP contribution in [0.4, 0.5) is 13.2 Å². The molecule has 0 saturated heterocycles. The number of alkyl halides is 3. The van der Waals surface area contributed by atoms with Gasteiger partial charge in [-0.3, -0.25) is 9.48 Å². The minimum absolute atomic E-state index is 0.0586. The number of fused-ring (bicyclic) bond motifs is 1. The Morgan fingerprint density at radius 1 is 1.33 bits per heavy atom. The number of nitrogens with one attached hydrogen (secondary N) is 1. The molecule has 2 aromatic heterocycles. The topological polar surface area (TPSA) is 69.0 Å². The van der Waals surface area contributed by atoms with Crippen LogP contribution in [0.5, 0.6) is 5.88 Å². The third-order valence-corrected chi connectivity index (χ3v) is 4.87. The summed E-state index contributed by atoms with van der Waals surface area (Å²) in [6.45, 7) is 3.01. The Morgan fingerprint density at radius 2 is 2.00 bits per heavy atom. The smallest absolute Gasteiger partial charge is 0.417 e. The lowest BCUT2D eigenvalue weighted by Crippen LogP contribution is -2.43. The zero-order valence-corrected chi connectivity index (χ0v) is 15.6. The highest BCUT2D eigenvalue weighted by Gasteiger charge is 2.36. The number of carbonyl (C=O) groups excluding carboxylic acids is 1. The molecule has 0 spiro atoms. The maximum atomic E-state index is 13.5. The molecule has 0 aromatic carbocycles. The number of aromatic nitrogens is 3. The predicted octanol–water partition coefficient (Wildman–Crippen LogP) is 3.51. The van der Waals surface area contributed by atoms with Crippen molar-refractivity contribution in [3.05, 3.63) is 17.3 Å². The van der Waals surface area contributed by atoms with E-state index in [9.17, 15) is 18.0 Å². The number of ether oxygens (including phenoxy) is 1. The first kappa shape index (κ1) is 19.4. The average molecular weight is 384 g/mol. The molecule has 1 atom stereocenters. The number of aryl methyl sites for hydroxylation is 2. The van der Waals surface area contributed by atoms with Crippen LogP contribution in [0, 0.1) is 6.92 Å². The van der Waals surface area contributed by atoms with E-state index < -0.39 is 17.8 Å². The molecule has 2 heterocycles. The Labute approximate surface area is 155 Å². The van der Waals surface area contributed by atoms with Crippen molar-refractivity contribution in [3.8, 4) is 5.88 Å². The van der Waals surface area contributed by atoms with Crippen molar-refractivity contribution in [2.24, 2.45) is 7.05 Å². The van der Waals surface area contributed by atoms with Gasteiger partial charge in [-0.25, -0.2) is 0 Å². The fourth-order valence-corrected chi connectivity index (χ4v) is 3.51. The number of pyridine rings is 1. The van der Waals surface area contributed by atoms with Crippen molar-refractivity contribution < 1.29 is 22.7 Å². The minimum Gasteiger partial charge on any atom is -0.464 e. The molecule has 27 heavy (non-hydrogen) atoms. The molecular weight excluding hydrogens is 361 g/mol. The molecule has 3 rings (SSSR count). The van der Waals surface area contributed by atoms with E-state index in [2.05, 4.69) is 15.4 Å². The monoisotopic (exact) mass is 384 g/mol. The van der Waals surface area contributed by atoms with E-state index in [4.69, 9.17) is 4.74 Å². The predicted molar refractivity (Wildman–Crippen MR) is 93.4 cm³/mol. The van der Waals surface area contributed by atoms with Crippen LogP contribution in [0.15, 0.2) is 6.07 Å². The summed E-state index contributed by atoms with van der Waals surface area (Å²) in [4.78, 5) is 16.5. The van der Waals surface area contributed by atoms with E-state index in [1.54, 1.807) is 0 Å². The van der Waals surface area contributed by atoms with Gasteiger partial charge in [-0.15, -0.1) is 0 Å². The zero-order chi connectivity index (χ0) is 19.8. The summed E-state index contributed by atoms with van der Waals surface area (Å²) in [7, 11) is 1.52. The molecule has 1 fully saturated rings. The van der Waals surface area contributed by atoms with Crippen molar-refractivity contribution in [2.75, 3.05) is 0 Å². The Hall–Kier alpha value is -2.32. The van der Waals surface area contributed by atoms with Crippen molar-refractivity contribution >= 4 is 16.9 Å². The fraction of sp³-hybridized carbons (Fsp3) is 0.611. The standard InChI is InChI=1S/C18H23F3N4O2/c1-10-15-13(18(19,20)21)9-14(23-16(15)25(3)24-10)27-11(2)17(26)22-12-7-5-4-6-8-12/h9,11-12H,4-8H2,1-3H3,(H,22,26)/t11-/m1/s1. The number of hydrogen-bond donors (Lipinski definition) is 1. The van der Waals surface area contributed by atoms with E-state index in [-0.39, 0.29) is 34.6 Å². The van der Waals surface area contributed by atoms with Crippen molar-refractivity contribution in [3.63, 3.8) is 0 Å². The highest BCUT2D eigenvalue weighted by Crippen LogP contribution is 2.37. The number of halogens is 3. The Bertz CT molecular complexity index is 841. The molecular formula is C18H23F3N4O2. The third-order valence-electron chi connectivity index (χ3n) is 4.87. The second-order valence-electron chi connectivity index (χ2n) is 7.02. The highest BCUT2D eigenvalue weighted by molar-refractivity contribution is 5.84. The van der Waals surface area contributed by atoms with Crippen LogP contribution >= 0.6 is 0 Å². The van der Waals surface area contributed by atoms with Crippen LogP contribution in [0.2, 0.25) is 0 Å². The first-order chi connectivity index (χ1) is 12.7. The van der Waals surface area contributed by atoms with Crippen LogP contribution in [0.1, 0.15) is 50.3 Å². The van der Waals surface area contributed by atoms with E-state index in [1.807, 2.05) is 0 Å². The largest absolute Gasteiger partial charge is 0.464 e. The number of hydrogen-bond acceptors (Lipinski definition) is 4. The van der Waals surface area contributed by atoms with Crippen LogP contribution in [-0.2, 0) is 18.0 Å². The quantitative estimate of drug-likeness (QED) is 0.876. The second-order valence-corrected chi connectivity index (χ2v) is 7.02. The van der Waals surface area contributed by atoms with Gasteiger partial charge in [0.05, 0.1) is 16.6 Å². The normalized spacial score (nSPS) is 17.1. The van der Waals surface area contributed by atoms with Crippen LogP contribution < -0.4 is 10.1 Å². The van der Waals surface area contributed by atoms with Gasteiger partial charge in [0.2, 0.25) is 5.88 Å². The molecule has 2 aromatic rings. The van der Waals surface area contributed by atoms with Gasteiger partial charge in [-0.05, 0) is 26.7 Å². The van der Waals surface area contributed by atoms with Crippen molar-refractivity contribution in [2.45, 2.75) is 64.3 Å². The molecule has 148 valence electrons. The molecule has 0 aliphatic heterocycles. The maximum absolute atomic E-state index is 13.5. The van der Waals surface area contributed by atoms with Crippen molar-refractivity contribution in [1.29, 1.82) is 0 Å². The summed E-state index contributed by atoms with van der Waals surface area (Å²) in [6.07, 6.45) is -0.426. The molecule has 6 nitrogen and oxygen atoms in total. The SMILES string of the molecule is Cc1nn(C)c2nc(O[C@H](C)C(=O)NC3CCCCC3)cc(C(F)(F)F)c12. The molecule has 1 aliphatic carbocycles. The van der Waals surface area contributed by atoms with Crippen molar-refractivity contribution in [1.82, 2.24) is 20.1 Å².